The van der Waals surface area contributed by atoms with Crippen molar-refractivity contribution in [1.29, 1.82) is 0 Å². The lowest BCUT2D eigenvalue weighted by molar-refractivity contribution is -0.121. The van der Waals surface area contributed by atoms with Gasteiger partial charge in [-0.15, -0.1) is 0 Å². The topological polar surface area (TPSA) is 41.6 Å². The van der Waals surface area contributed by atoms with E-state index in [4.69, 9.17) is 16.3 Å². The van der Waals surface area contributed by atoms with Gasteiger partial charge in [-0.2, -0.15) is 0 Å². The lowest BCUT2D eigenvalue weighted by atomic mass is 10.2. The predicted molar refractivity (Wildman–Crippen MR) is 76.5 cm³/mol. The van der Waals surface area contributed by atoms with Crippen molar-refractivity contribution in [3.63, 3.8) is 0 Å². The van der Waals surface area contributed by atoms with Gasteiger partial charge in [0.15, 0.2) is 0 Å². The molecule has 0 bridgehead atoms. The molecular formula is C14H19ClN2O2. The molecule has 2 unspecified atom stereocenters. The largest absolute Gasteiger partial charge is 0.373 e. The maximum absolute atomic E-state index is 12.0. The lowest BCUT2D eigenvalue weighted by Crippen LogP contribution is -2.48. The second-order valence-corrected chi connectivity index (χ2v) is 5.45. The maximum Gasteiger partial charge on any atom is 0.238 e. The van der Waals surface area contributed by atoms with Crippen LogP contribution in [0.5, 0.6) is 0 Å². The number of nitrogens with one attached hydrogen (secondary N) is 1. The third kappa shape index (κ3) is 4.49. The molecule has 1 aromatic carbocycles. The number of carbonyl (C=O) groups excluding carboxylic acids is 1. The highest BCUT2D eigenvalue weighted by Crippen LogP contribution is 2.15. The van der Waals surface area contributed by atoms with E-state index in [1.807, 2.05) is 26.0 Å². The van der Waals surface area contributed by atoms with Crippen LogP contribution in [-0.4, -0.2) is 42.6 Å². The molecule has 1 fully saturated rings. The van der Waals surface area contributed by atoms with E-state index >= 15 is 0 Å². The normalized spacial score (nSPS) is 24.2. The summed E-state index contributed by atoms with van der Waals surface area (Å²) in [5.41, 5.74) is 0.729. The van der Waals surface area contributed by atoms with Gasteiger partial charge in [-0.05, 0) is 32.0 Å². The first kappa shape index (κ1) is 14.3. The van der Waals surface area contributed by atoms with Gasteiger partial charge in [-0.1, -0.05) is 17.7 Å². The van der Waals surface area contributed by atoms with E-state index in [0.717, 1.165) is 18.8 Å². The van der Waals surface area contributed by atoms with Crippen molar-refractivity contribution in [2.75, 3.05) is 25.0 Å². The van der Waals surface area contributed by atoms with Gasteiger partial charge in [0.1, 0.15) is 0 Å². The number of anilines is 1. The Balaban J connectivity index is 1.87. The highest BCUT2D eigenvalue weighted by Gasteiger charge is 2.23. The number of morpholine rings is 1. The van der Waals surface area contributed by atoms with Crippen molar-refractivity contribution >= 4 is 23.2 Å². The van der Waals surface area contributed by atoms with E-state index in [1.54, 1.807) is 12.1 Å². The zero-order chi connectivity index (χ0) is 13.8. The van der Waals surface area contributed by atoms with Crippen LogP contribution in [-0.2, 0) is 9.53 Å². The van der Waals surface area contributed by atoms with E-state index in [-0.39, 0.29) is 18.1 Å². The van der Waals surface area contributed by atoms with Crippen LogP contribution in [0.25, 0.3) is 0 Å². The fourth-order valence-electron chi connectivity index (χ4n) is 2.38. The fourth-order valence-corrected chi connectivity index (χ4v) is 2.57. The highest BCUT2D eigenvalue weighted by molar-refractivity contribution is 6.30. The van der Waals surface area contributed by atoms with E-state index in [1.165, 1.54) is 0 Å². The smallest absolute Gasteiger partial charge is 0.238 e. The summed E-state index contributed by atoms with van der Waals surface area (Å²) >= 11 is 5.88. The minimum atomic E-state index is -0.0245. The number of ether oxygens (including phenoxy) is 1. The summed E-state index contributed by atoms with van der Waals surface area (Å²) in [4.78, 5) is 14.1. The molecule has 5 heteroatoms. The van der Waals surface area contributed by atoms with Gasteiger partial charge < -0.3 is 10.1 Å². The zero-order valence-electron chi connectivity index (χ0n) is 11.2. The van der Waals surface area contributed by atoms with Gasteiger partial charge >= 0.3 is 0 Å². The van der Waals surface area contributed by atoms with Crippen molar-refractivity contribution in [1.82, 2.24) is 4.90 Å². The van der Waals surface area contributed by atoms with Gasteiger partial charge in [-0.3, -0.25) is 9.69 Å². The molecule has 19 heavy (non-hydrogen) atoms. The number of benzene rings is 1. The molecule has 2 rings (SSSR count). The number of hydrogen-bond donors (Lipinski definition) is 1. The predicted octanol–water partition coefficient (Wildman–Crippen LogP) is 2.39. The van der Waals surface area contributed by atoms with Crippen LogP contribution in [0.15, 0.2) is 24.3 Å². The van der Waals surface area contributed by atoms with Gasteiger partial charge in [0.05, 0.1) is 18.8 Å². The number of hydrogen-bond acceptors (Lipinski definition) is 3. The Kier molecular flexibility index (Phi) is 4.80. The molecular weight excluding hydrogens is 264 g/mol. The summed E-state index contributed by atoms with van der Waals surface area (Å²) in [6.07, 6.45) is 0.338. The van der Waals surface area contributed by atoms with Crippen LogP contribution in [0, 0.1) is 0 Å². The first-order valence-electron chi connectivity index (χ1n) is 6.46. The molecule has 1 N–H and O–H groups in total. The molecule has 0 spiro atoms. The van der Waals surface area contributed by atoms with Crippen LogP contribution in [0.3, 0.4) is 0 Å². The van der Waals surface area contributed by atoms with Crippen LogP contribution in [0.1, 0.15) is 13.8 Å². The summed E-state index contributed by atoms with van der Waals surface area (Å²) < 4.78 is 5.64. The molecule has 0 aliphatic carbocycles. The number of rotatable bonds is 3. The first-order chi connectivity index (χ1) is 9.02. The Hall–Kier alpha value is -1.10. The van der Waals surface area contributed by atoms with Gasteiger partial charge in [0.25, 0.3) is 0 Å². The number of halogens is 1. The molecule has 1 saturated heterocycles. The molecule has 0 saturated carbocycles. The summed E-state index contributed by atoms with van der Waals surface area (Å²) in [6.45, 7) is 6.00. The summed E-state index contributed by atoms with van der Waals surface area (Å²) in [5, 5.41) is 3.47. The summed E-state index contributed by atoms with van der Waals surface area (Å²) in [5.74, 6) is -0.0245. The Bertz CT molecular complexity index is 443. The second-order valence-electron chi connectivity index (χ2n) is 5.01. The van der Waals surface area contributed by atoms with E-state index in [9.17, 15) is 4.79 Å². The average Bonchev–Trinajstić information content (AvgIpc) is 2.26. The Morgan fingerprint density at radius 1 is 1.42 bits per heavy atom. The van der Waals surface area contributed by atoms with Crippen molar-refractivity contribution in [2.24, 2.45) is 0 Å². The minimum Gasteiger partial charge on any atom is -0.373 e. The third-order valence-electron chi connectivity index (χ3n) is 2.97. The monoisotopic (exact) mass is 282 g/mol. The van der Waals surface area contributed by atoms with Crippen molar-refractivity contribution < 1.29 is 9.53 Å². The second kappa shape index (κ2) is 6.37. The summed E-state index contributed by atoms with van der Waals surface area (Å²) in [7, 11) is 0. The van der Waals surface area contributed by atoms with Gasteiger partial charge in [0, 0.05) is 23.8 Å². The van der Waals surface area contributed by atoms with Crippen LogP contribution in [0.4, 0.5) is 5.69 Å². The highest BCUT2D eigenvalue weighted by atomic mass is 35.5. The van der Waals surface area contributed by atoms with Crippen LogP contribution >= 0.6 is 11.6 Å². The summed E-state index contributed by atoms with van der Waals surface area (Å²) in [6, 6.07) is 7.16. The molecule has 104 valence electrons. The number of nitrogens with zero attached hydrogens (tertiary/aromatic N) is 1. The molecule has 1 aromatic rings. The molecule has 1 heterocycles. The molecule has 2 atom stereocenters. The van der Waals surface area contributed by atoms with E-state index in [0.29, 0.717) is 11.6 Å². The molecule has 1 amide bonds. The Morgan fingerprint density at radius 2 is 2.11 bits per heavy atom. The average molecular weight is 283 g/mol. The van der Waals surface area contributed by atoms with Crippen molar-refractivity contribution in [3.05, 3.63) is 29.3 Å². The lowest BCUT2D eigenvalue weighted by Gasteiger charge is -2.34. The number of carbonyl (C=O) groups is 1. The number of amides is 1. The van der Waals surface area contributed by atoms with E-state index in [2.05, 4.69) is 10.2 Å². The third-order valence-corrected chi connectivity index (χ3v) is 3.21. The van der Waals surface area contributed by atoms with Gasteiger partial charge in [-0.25, -0.2) is 0 Å². The fraction of sp³-hybridized carbons (Fsp3) is 0.500. The Morgan fingerprint density at radius 3 is 2.74 bits per heavy atom. The van der Waals surface area contributed by atoms with Crippen LogP contribution in [0.2, 0.25) is 5.02 Å². The molecule has 4 nitrogen and oxygen atoms in total. The standard InChI is InChI=1S/C14H19ClN2O2/c1-10-7-17(8-11(2)19-10)9-14(18)16-13-5-3-4-12(15)6-13/h3-6,10-11H,7-9H2,1-2H3,(H,16,18). The molecule has 0 radical (unpaired) electrons. The first-order valence-corrected chi connectivity index (χ1v) is 6.84. The quantitative estimate of drug-likeness (QED) is 0.925. The van der Waals surface area contributed by atoms with Gasteiger partial charge in [0.2, 0.25) is 5.91 Å². The Labute approximate surface area is 118 Å². The maximum atomic E-state index is 12.0. The molecule has 1 aliphatic heterocycles. The van der Waals surface area contributed by atoms with Crippen LogP contribution < -0.4 is 5.32 Å². The zero-order valence-corrected chi connectivity index (χ0v) is 12.0. The molecule has 1 aliphatic rings. The van der Waals surface area contributed by atoms with Crippen molar-refractivity contribution in [2.45, 2.75) is 26.1 Å². The minimum absolute atomic E-state index is 0.0245. The SMILES string of the molecule is CC1CN(CC(=O)Nc2cccc(Cl)c2)CC(C)O1. The van der Waals surface area contributed by atoms with E-state index < -0.39 is 0 Å². The van der Waals surface area contributed by atoms with Crippen molar-refractivity contribution in [3.8, 4) is 0 Å². The molecule has 0 aromatic heterocycles.